The molecule has 3 rings (SSSR count). The van der Waals surface area contributed by atoms with Gasteiger partial charge >= 0.3 is 0 Å². The maximum absolute atomic E-state index is 14.4. The minimum atomic E-state index is -2.30. The highest BCUT2D eigenvalue weighted by Gasteiger charge is 2.36. The lowest BCUT2D eigenvalue weighted by Crippen LogP contribution is -2.43. The Morgan fingerprint density at radius 3 is 2.20 bits per heavy atom. The molecule has 0 heterocycles. The zero-order valence-electron chi connectivity index (χ0n) is 27.9. The maximum Gasteiger partial charge on any atom is 0.257 e. The molecule has 0 aromatic heterocycles. The van der Waals surface area contributed by atoms with E-state index in [0.717, 1.165) is 56.1 Å². The number of amides is 1. The molecule has 1 fully saturated rings. The molecule has 0 spiro atoms. The van der Waals surface area contributed by atoms with E-state index in [2.05, 4.69) is 26.1 Å². The summed E-state index contributed by atoms with van der Waals surface area (Å²) >= 11 is 6.78. The summed E-state index contributed by atoms with van der Waals surface area (Å²) in [6.45, 7) is 9.56. The highest BCUT2D eigenvalue weighted by molar-refractivity contribution is 6.73. The fourth-order valence-corrected chi connectivity index (χ4v) is 9.45. The number of benzene rings is 2. The van der Waals surface area contributed by atoms with Crippen molar-refractivity contribution in [3.8, 4) is 5.75 Å². The SMILES string of the molecule is CC[Si](CC)(CC)OC(CN(Cc1cc(F)cc(F)c1)C(=O)/C(C=N)=C(\C)N[C@H]1CC[C@H](C(C)=O)CC1)c1c(Cl)cccc1OC. The third-order valence-corrected chi connectivity index (χ3v) is 14.3. The van der Waals surface area contributed by atoms with Crippen molar-refractivity contribution in [1.82, 2.24) is 10.2 Å². The summed E-state index contributed by atoms with van der Waals surface area (Å²) in [5.41, 5.74) is 1.51. The largest absolute Gasteiger partial charge is 0.496 e. The van der Waals surface area contributed by atoms with E-state index in [1.54, 1.807) is 39.2 Å². The Morgan fingerprint density at radius 1 is 1.07 bits per heavy atom. The zero-order valence-corrected chi connectivity index (χ0v) is 29.6. The second kappa shape index (κ2) is 17.2. The molecule has 0 aliphatic heterocycles. The molecule has 0 bridgehead atoms. The van der Waals surface area contributed by atoms with E-state index in [4.69, 9.17) is 26.2 Å². The Hall–Kier alpha value is -3.08. The number of carbonyl (C=O) groups is 2. The number of rotatable bonds is 16. The van der Waals surface area contributed by atoms with Crippen LogP contribution >= 0.6 is 11.6 Å². The third kappa shape index (κ3) is 9.48. The van der Waals surface area contributed by atoms with Crippen molar-refractivity contribution in [2.45, 2.75) is 97.1 Å². The lowest BCUT2D eigenvalue weighted by atomic mass is 9.84. The van der Waals surface area contributed by atoms with Gasteiger partial charge in [0.2, 0.25) is 0 Å². The molecule has 1 aliphatic carbocycles. The lowest BCUT2D eigenvalue weighted by Gasteiger charge is -2.37. The van der Waals surface area contributed by atoms with Crippen LogP contribution in [-0.4, -0.2) is 50.8 Å². The Bertz CT molecular complexity index is 1380. The molecule has 7 nitrogen and oxygen atoms in total. The zero-order chi connectivity index (χ0) is 34.0. The number of halogens is 3. The van der Waals surface area contributed by atoms with E-state index in [9.17, 15) is 18.4 Å². The second-order valence-electron chi connectivity index (χ2n) is 12.2. The fraction of sp³-hybridized carbons (Fsp3) is 0.514. The van der Waals surface area contributed by atoms with Gasteiger partial charge in [-0.25, -0.2) is 8.78 Å². The number of ether oxygens (including phenoxy) is 1. The Kier molecular flexibility index (Phi) is 14.0. The molecule has 252 valence electrons. The molecule has 1 atom stereocenters. The number of ketones is 1. The van der Waals surface area contributed by atoms with E-state index in [-0.39, 0.29) is 42.0 Å². The standard InChI is InChI=1S/C35H48ClF2N3O4Si/c1-7-46(8-2,9-3)45-33(34-31(36)11-10-12-32(34)44-6)22-41(21-25-17-27(37)19-28(38)18-25)35(43)30(20-39)23(4)40-29-15-13-26(14-16-29)24(5)42/h10-12,17-20,26,29,33,39-40H,7-9,13-16,21-22H2,1-6H3/b30-23+,39-20?/t26-,29-,33?. The quantitative estimate of drug-likeness (QED) is 0.106. The smallest absolute Gasteiger partial charge is 0.257 e. The van der Waals surface area contributed by atoms with Crippen LogP contribution in [0.5, 0.6) is 5.75 Å². The van der Waals surface area contributed by atoms with Crippen molar-refractivity contribution in [2.24, 2.45) is 5.92 Å². The molecule has 1 aliphatic rings. The highest BCUT2D eigenvalue weighted by atomic mass is 35.5. The topological polar surface area (TPSA) is 91.7 Å². The van der Waals surface area contributed by atoms with Gasteiger partial charge in [0.25, 0.3) is 5.91 Å². The summed E-state index contributed by atoms with van der Waals surface area (Å²) in [5, 5.41) is 12.1. The van der Waals surface area contributed by atoms with Gasteiger partial charge in [0.15, 0.2) is 8.32 Å². The number of hydrogen-bond acceptors (Lipinski definition) is 6. The Balaban J connectivity index is 2.08. The van der Waals surface area contributed by atoms with Gasteiger partial charge in [-0.05, 0) is 87.5 Å². The minimum Gasteiger partial charge on any atom is -0.496 e. The number of carbonyl (C=O) groups excluding carboxylic acids is 2. The first-order chi connectivity index (χ1) is 21.9. The summed E-state index contributed by atoms with van der Waals surface area (Å²) in [4.78, 5) is 27.7. The van der Waals surface area contributed by atoms with Gasteiger partial charge in [-0.15, -0.1) is 0 Å². The highest BCUT2D eigenvalue weighted by Crippen LogP contribution is 2.39. The first-order valence-electron chi connectivity index (χ1n) is 16.1. The molecule has 1 unspecified atom stereocenters. The van der Waals surface area contributed by atoms with E-state index in [1.807, 2.05) is 0 Å². The van der Waals surface area contributed by atoms with Crippen LogP contribution in [-0.2, 0) is 20.6 Å². The van der Waals surface area contributed by atoms with Crippen LogP contribution in [0.3, 0.4) is 0 Å². The van der Waals surface area contributed by atoms with Crippen LogP contribution in [0.1, 0.15) is 77.5 Å². The number of nitrogens with zero attached hydrogens (tertiary/aromatic N) is 1. The van der Waals surface area contributed by atoms with Crippen LogP contribution in [0.4, 0.5) is 8.78 Å². The third-order valence-electron chi connectivity index (χ3n) is 9.35. The molecular formula is C35H48ClF2N3O4Si. The van der Waals surface area contributed by atoms with Crippen molar-refractivity contribution in [2.75, 3.05) is 13.7 Å². The van der Waals surface area contributed by atoms with Gasteiger partial charge in [0, 0.05) is 42.0 Å². The van der Waals surface area contributed by atoms with Gasteiger partial charge in [-0.2, -0.15) is 0 Å². The average Bonchev–Trinajstić information content (AvgIpc) is 3.02. The van der Waals surface area contributed by atoms with Gasteiger partial charge in [-0.1, -0.05) is 38.4 Å². The van der Waals surface area contributed by atoms with E-state index in [0.29, 0.717) is 22.0 Å². The monoisotopic (exact) mass is 675 g/mol. The van der Waals surface area contributed by atoms with Crippen molar-refractivity contribution >= 4 is 37.8 Å². The van der Waals surface area contributed by atoms with Crippen LogP contribution in [0.15, 0.2) is 47.7 Å². The molecule has 11 heteroatoms. The Labute approximate surface area is 278 Å². The normalized spacial score (nSPS) is 17.9. The number of nitrogens with one attached hydrogen (secondary N) is 2. The minimum absolute atomic E-state index is 0.000148. The first-order valence-corrected chi connectivity index (χ1v) is 19.0. The van der Waals surface area contributed by atoms with E-state index >= 15 is 0 Å². The number of Topliss-reactive ketones (excluding diaryl/α,β-unsaturated/α-hetero) is 1. The molecule has 1 saturated carbocycles. The average molecular weight is 676 g/mol. The first kappa shape index (κ1) is 37.4. The number of methoxy groups -OCH3 is 1. The summed E-state index contributed by atoms with van der Waals surface area (Å²) in [6.07, 6.45) is 3.38. The predicted molar refractivity (Wildman–Crippen MR) is 182 cm³/mol. The molecule has 46 heavy (non-hydrogen) atoms. The number of hydrogen-bond donors (Lipinski definition) is 2. The molecule has 2 aromatic rings. The molecule has 2 N–H and O–H groups in total. The number of allylic oxidation sites excluding steroid dienone is 1. The van der Waals surface area contributed by atoms with Crippen molar-refractivity contribution < 1.29 is 27.5 Å². The van der Waals surface area contributed by atoms with Crippen LogP contribution < -0.4 is 10.1 Å². The van der Waals surface area contributed by atoms with Crippen molar-refractivity contribution in [3.05, 3.63) is 75.5 Å². The van der Waals surface area contributed by atoms with E-state index in [1.165, 1.54) is 17.0 Å². The second-order valence-corrected chi connectivity index (χ2v) is 17.3. The molecular weight excluding hydrogens is 628 g/mol. The summed E-state index contributed by atoms with van der Waals surface area (Å²) in [6, 6.07) is 11.1. The van der Waals surface area contributed by atoms with Crippen LogP contribution in [0.25, 0.3) is 0 Å². The molecule has 0 saturated heterocycles. The summed E-state index contributed by atoms with van der Waals surface area (Å²) < 4.78 is 41.4. The molecule has 1 amide bonds. The van der Waals surface area contributed by atoms with Crippen molar-refractivity contribution in [1.29, 1.82) is 5.41 Å². The van der Waals surface area contributed by atoms with Gasteiger partial charge < -0.3 is 24.8 Å². The van der Waals surface area contributed by atoms with Gasteiger partial charge in [-0.3, -0.25) is 9.59 Å². The predicted octanol–water partition coefficient (Wildman–Crippen LogP) is 8.38. The summed E-state index contributed by atoms with van der Waals surface area (Å²) in [5.74, 6) is -1.23. The van der Waals surface area contributed by atoms with Gasteiger partial charge in [0.05, 0.1) is 30.4 Å². The Morgan fingerprint density at radius 2 is 1.67 bits per heavy atom. The maximum atomic E-state index is 14.4. The van der Waals surface area contributed by atoms with Gasteiger partial charge in [0.1, 0.15) is 23.2 Å². The summed E-state index contributed by atoms with van der Waals surface area (Å²) in [7, 11) is -0.754. The lowest BCUT2D eigenvalue weighted by molar-refractivity contribution is -0.128. The van der Waals surface area contributed by atoms with E-state index < -0.39 is 32.0 Å². The van der Waals surface area contributed by atoms with Crippen molar-refractivity contribution in [3.63, 3.8) is 0 Å². The fourth-order valence-electron chi connectivity index (χ4n) is 6.37. The van der Waals surface area contributed by atoms with Crippen LogP contribution in [0.2, 0.25) is 23.2 Å². The molecule has 0 radical (unpaired) electrons. The van der Waals surface area contributed by atoms with Crippen LogP contribution in [0, 0.1) is 23.0 Å². The molecule has 2 aromatic carbocycles.